The number of rotatable bonds is 6. The third-order valence-corrected chi connectivity index (χ3v) is 4.85. The molecule has 0 saturated carbocycles. The van der Waals surface area contributed by atoms with Crippen LogP contribution in [0.5, 0.6) is 5.75 Å². The highest BCUT2D eigenvalue weighted by Gasteiger charge is 2.13. The maximum Gasteiger partial charge on any atom is 0.316 e. The highest BCUT2D eigenvalue weighted by atomic mass is 79.9. The van der Waals surface area contributed by atoms with Crippen molar-refractivity contribution in [1.82, 2.24) is 4.57 Å². The zero-order valence-electron chi connectivity index (χ0n) is 15.5. The predicted molar refractivity (Wildman–Crippen MR) is 110 cm³/mol. The molecule has 0 N–H and O–H groups in total. The fraction of sp³-hybridized carbons (Fsp3) is 0.286. The van der Waals surface area contributed by atoms with Crippen molar-refractivity contribution in [3.63, 3.8) is 0 Å². The summed E-state index contributed by atoms with van der Waals surface area (Å²) in [5.41, 5.74) is 3.42. The summed E-state index contributed by atoms with van der Waals surface area (Å²) in [6.45, 7) is 7.56. The number of nitrogens with zero attached hydrogens (tertiary/aromatic N) is 2. The van der Waals surface area contributed by atoms with Crippen molar-refractivity contribution in [2.24, 2.45) is 11.1 Å². The van der Waals surface area contributed by atoms with Gasteiger partial charge < -0.3 is 9.30 Å². The van der Waals surface area contributed by atoms with Gasteiger partial charge in [-0.05, 0) is 55.3 Å². The van der Waals surface area contributed by atoms with Gasteiger partial charge in [0.1, 0.15) is 5.75 Å². The minimum Gasteiger partial charge on any atom is -0.493 e. The molecule has 5 nitrogen and oxygen atoms in total. The monoisotopic (exact) mass is 428 g/mol. The molecule has 0 radical (unpaired) electrons. The van der Waals surface area contributed by atoms with E-state index in [9.17, 15) is 9.70 Å². The number of halogens is 1. The first-order valence-electron chi connectivity index (χ1n) is 8.78. The fourth-order valence-corrected chi connectivity index (χ4v) is 3.45. The Kier molecular flexibility index (Phi) is 5.75. The van der Waals surface area contributed by atoms with Crippen LogP contribution in [0, 0.1) is 17.7 Å². The molecule has 0 bridgehead atoms. The summed E-state index contributed by atoms with van der Waals surface area (Å²) in [4.78, 5) is 22.1. The maximum absolute atomic E-state index is 11.5. The van der Waals surface area contributed by atoms with Gasteiger partial charge in [-0.3, -0.25) is 4.79 Å². The van der Waals surface area contributed by atoms with Gasteiger partial charge in [0.15, 0.2) is 0 Å². The van der Waals surface area contributed by atoms with Crippen molar-refractivity contribution < 1.29 is 9.53 Å². The molecule has 27 heavy (non-hydrogen) atoms. The standard InChI is InChI=1S/C21H21BrN2O3/c1-13(2)12-27-20-7-5-18(22)10-17(20)11-24-14(3)8-16-9-15(21(25)23-26)4-6-19(16)24/h4-10,13H,11-12H2,1-3H3. The fourth-order valence-electron chi connectivity index (χ4n) is 3.04. The number of hydrogen-bond donors (Lipinski definition) is 0. The molecule has 1 aromatic heterocycles. The van der Waals surface area contributed by atoms with E-state index in [0.717, 1.165) is 32.4 Å². The summed E-state index contributed by atoms with van der Waals surface area (Å²) in [6, 6.07) is 13.2. The first kappa shape index (κ1) is 19.3. The average Bonchev–Trinajstić information content (AvgIpc) is 2.95. The molecule has 3 rings (SSSR count). The quantitative estimate of drug-likeness (QED) is 0.472. The summed E-state index contributed by atoms with van der Waals surface area (Å²) >= 11 is 3.54. The molecule has 6 heteroatoms. The first-order chi connectivity index (χ1) is 12.9. The highest BCUT2D eigenvalue weighted by Crippen LogP contribution is 2.28. The molecule has 0 unspecified atom stereocenters. The van der Waals surface area contributed by atoms with E-state index in [-0.39, 0.29) is 0 Å². The molecule has 0 saturated heterocycles. The topological polar surface area (TPSA) is 60.7 Å². The van der Waals surface area contributed by atoms with Crippen LogP contribution in [0.15, 0.2) is 52.1 Å². The number of benzene rings is 2. The van der Waals surface area contributed by atoms with Crippen molar-refractivity contribution in [3.05, 3.63) is 68.7 Å². The van der Waals surface area contributed by atoms with E-state index in [4.69, 9.17) is 4.74 Å². The number of aryl methyl sites for hydroxylation is 1. The summed E-state index contributed by atoms with van der Waals surface area (Å²) in [6.07, 6.45) is 0. The zero-order valence-corrected chi connectivity index (χ0v) is 17.1. The van der Waals surface area contributed by atoms with Crippen LogP contribution in [0.4, 0.5) is 0 Å². The second-order valence-corrected chi connectivity index (χ2v) is 7.91. The second kappa shape index (κ2) is 8.05. The first-order valence-corrected chi connectivity index (χ1v) is 9.57. The van der Waals surface area contributed by atoms with Crippen molar-refractivity contribution in [3.8, 4) is 5.75 Å². The molecule has 1 heterocycles. The van der Waals surface area contributed by atoms with Gasteiger partial charge in [-0.25, -0.2) is 0 Å². The summed E-state index contributed by atoms with van der Waals surface area (Å²) in [7, 11) is 0. The number of amides is 1. The smallest absolute Gasteiger partial charge is 0.316 e. The van der Waals surface area contributed by atoms with Crippen LogP contribution < -0.4 is 4.74 Å². The number of carbonyl (C=O) groups is 1. The van der Waals surface area contributed by atoms with Crippen LogP contribution in [0.3, 0.4) is 0 Å². The molecule has 0 aliphatic heterocycles. The van der Waals surface area contributed by atoms with Gasteiger partial charge in [-0.2, -0.15) is 0 Å². The van der Waals surface area contributed by atoms with Crippen molar-refractivity contribution in [2.75, 3.05) is 6.61 Å². The zero-order chi connectivity index (χ0) is 19.6. The van der Waals surface area contributed by atoms with Crippen molar-refractivity contribution in [2.45, 2.75) is 27.3 Å². The van der Waals surface area contributed by atoms with Gasteiger partial charge >= 0.3 is 5.91 Å². The van der Waals surface area contributed by atoms with Crippen LogP contribution >= 0.6 is 15.9 Å². The lowest BCUT2D eigenvalue weighted by Crippen LogP contribution is -2.08. The normalized spacial score (nSPS) is 11.1. The lowest BCUT2D eigenvalue weighted by atomic mass is 10.1. The Bertz CT molecular complexity index is 1010. The number of ether oxygens (including phenoxy) is 1. The minimum absolute atomic E-state index is 0.304. The molecule has 0 spiro atoms. The lowest BCUT2D eigenvalue weighted by molar-refractivity contribution is 0.100. The number of nitroso groups, excluding NO2 is 1. The third kappa shape index (κ3) is 4.27. The van der Waals surface area contributed by atoms with E-state index < -0.39 is 5.91 Å². The van der Waals surface area contributed by atoms with Gasteiger partial charge in [-0.1, -0.05) is 29.8 Å². The molecule has 0 aliphatic rings. The molecule has 1 amide bonds. The Balaban J connectivity index is 1.99. The molecular formula is C21H21BrN2O3. The number of hydrogen-bond acceptors (Lipinski definition) is 3. The largest absolute Gasteiger partial charge is 0.493 e. The van der Waals surface area contributed by atoms with Gasteiger partial charge in [0, 0.05) is 37.4 Å². The third-order valence-electron chi connectivity index (χ3n) is 4.36. The number of carbonyl (C=O) groups excluding carboxylic acids is 1. The van der Waals surface area contributed by atoms with Crippen LogP contribution in [0.2, 0.25) is 0 Å². The van der Waals surface area contributed by atoms with Crippen LogP contribution in [0.1, 0.15) is 35.5 Å². The predicted octanol–water partition coefficient (Wildman–Crippen LogP) is 5.70. The summed E-state index contributed by atoms with van der Waals surface area (Å²) in [5, 5.41) is 3.41. The molecular weight excluding hydrogens is 408 g/mol. The molecule has 3 aromatic rings. The second-order valence-electron chi connectivity index (χ2n) is 7.00. The maximum atomic E-state index is 11.5. The van der Waals surface area contributed by atoms with E-state index in [0.29, 0.717) is 24.6 Å². The SMILES string of the molecule is Cc1cc2cc(C(=O)N=O)ccc2n1Cc1cc(Br)ccc1OCC(C)C. The Morgan fingerprint density at radius 1 is 1.19 bits per heavy atom. The Morgan fingerprint density at radius 2 is 1.96 bits per heavy atom. The van der Waals surface area contributed by atoms with E-state index in [1.54, 1.807) is 12.1 Å². The minimum atomic E-state index is -0.751. The molecule has 140 valence electrons. The average molecular weight is 429 g/mol. The van der Waals surface area contributed by atoms with Gasteiger partial charge in [0.2, 0.25) is 0 Å². The summed E-state index contributed by atoms with van der Waals surface area (Å²) < 4.78 is 9.16. The van der Waals surface area contributed by atoms with E-state index in [1.165, 1.54) is 0 Å². The van der Waals surface area contributed by atoms with Gasteiger partial charge in [0.25, 0.3) is 0 Å². The van der Waals surface area contributed by atoms with E-state index >= 15 is 0 Å². The van der Waals surface area contributed by atoms with E-state index in [1.807, 2.05) is 31.2 Å². The van der Waals surface area contributed by atoms with Crippen LogP contribution in [-0.4, -0.2) is 17.1 Å². The summed E-state index contributed by atoms with van der Waals surface area (Å²) in [5.74, 6) is 0.557. The number of aromatic nitrogens is 1. The van der Waals surface area contributed by atoms with Gasteiger partial charge in [0.05, 0.1) is 13.2 Å². The lowest BCUT2D eigenvalue weighted by Gasteiger charge is -2.16. The Labute approximate surface area is 166 Å². The van der Waals surface area contributed by atoms with Gasteiger partial charge in [-0.15, -0.1) is 4.91 Å². The Hall–Kier alpha value is -2.47. The molecule has 0 fully saturated rings. The molecule has 0 atom stereocenters. The molecule has 0 aliphatic carbocycles. The molecule has 2 aromatic carbocycles. The van der Waals surface area contributed by atoms with Crippen molar-refractivity contribution >= 4 is 32.7 Å². The van der Waals surface area contributed by atoms with Crippen molar-refractivity contribution in [1.29, 1.82) is 0 Å². The number of fused-ring (bicyclic) bond motifs is 1. The van der Waals surface area contributed by atoms with E-state index in [2.05, 4.69) is 45.6 Å². The Morgan fingerprint density at radius 3 is 2.67 bits per heavy atom. The highest BCUT2D eigenvalue weighted by molar-refractivity contribution is 9.10. The van der Waals surface area contributed by atoms with Crippen LogP contribution in [0.25, 0.3) is 10.9 Å². The van der Waals surface area contributed by atoms with Crippen LogP contribution in [-0.2, 0) is 6.54 Å².